The Balaban J connectivity index is 1.75. The van der Waals surface area contributed by atoms with Crippen LogP contribution in [-0.4, -0.2) is 29.1 Å². The van der Waals surface area contributed by atoms with Gasteiger partial charge in [-0.25, -0.2) is 4.39 Å². The van der Waals surface area contributed by atoms with Crippen LogP contribution in [-0.2, 0) is 6.54 Å². The fourth-order valence-corrected chi connectivity index (χ4v) is 3.23. The quantitative estimate of drug-likeness (QED) is 0.826. The van der Waals surface area contributed by atoms with Crippen molar-refractivity contribution in [3.63, 3.8) is 0 Å². The second kappa shape index (κ2) is 5.80. The van der Waals surface area contributed by atoms with Crippen molar-refractivity contribution in [2.75, 3.05) is 13.1 Å². The van der Waals surface area contributed by atoms with Crippen LogP contribution in [0.4, 0.5) is 4.39 Å². The lowest BCUT2D eigenvalue weighted by atomic mass is 9.98. The summed E-state index contributed by atoms with van der Waals surface area (Å²) in [6, 6.07) is 2.34. The lowest BCUT2D eigenvalue weighted by Gasteiger charge is -2.29. The molecule has 0 radical (unpaired) electrons. The van der Waals surface area contributed by atoms with Crippen LogP contribution >= 0.6 is 0 Å². The Kier molecular flexibility index (Phi) is 4.06. The van der Waals surface area contributed by atoms with Gasteiger partial charge in [-0.1, -0.05) is 19.9 Å². The van der Waals surface area contributed by atoms with Gasteiger partial charge < -0.3 is 0 Å². The van der Waals surface area contributed by atoms with Crippen molar-refractivity contribution in [1.29, 1.82) is 0 Å². The smallest absolute Gasteiger partial charge is 0.113 e. The van der Waals surface area contributed by atoms with E-state index < -0.39 is 6.17 Å². The summed E-state index contributed by atoms with van der Waals surface area (Å²) in [6.07, 6.45) is 5.68. The topological polar surface area (TPSA) is 16.1 Å². The third-order valence-corrected chi connectivity index (χ3v) is 4.42. The van der Waals surface area contributed by atoms with E-state index in [2.05, 4.69) is 24.8 Å². The molecule has 0 bridgehead atoms. The highest BCUT2D eigenvalue weighted by Gasteiger charge is 2.28. The van der Waals surface area contributed by atoms with Crippen molar-refractivity contribution in [3.05, 3.63) is 29.1 Å². The molecule has 1 aromatic heterocycles. The summed E-state index contributed by atoms with van der Waals surface area (Å²) in [5.74, 6) is 1.22. The van der Waals surface area contributed by atoms with Gasteiger partial charge in [-0.05, 0) is 55.2 Å². The SMILES string of the molecule is CC(C)c1ncc(CN2CCCC(F)C2)cc1C1CC1. The highest BCUT2D eigenvalue weighted by atomic mass is 19.1. The Morgan fingerprint density at radius 2 is 2.15 bits per heavy atom. The Bertz CT molecular complexity index is 468. The summed E-state index contributed by atoms with van der Waals surface area (Å²) in [7, 11) is 0. The van der Waals surface area contributed by atoms with Gasteiger partial charge in [-0.2, -0.15) is 0 Å². The third kappa shape index (κ3) is 3.20. The fourth-order valence-electron chi connectivity index (χ4n) is 3.23. The number of halogens is 1. The Hall–Kier alpha value is -0.960. The zero-order valence-electron chi connectivity index (χ0n) is 12.6. The minimum Gasteiger partial charge on any atom is -0.296 e. The molecule has 0 N–H and O–H groups in total. The van der Waals surface area contributed by atoms with E-state index in [4.69, 9.17) is 4.98 Å². The number of piperidine rings is 1. The number of likely N-dealkylation sites (tertiary alicyclic amines) is 1. The highest BCUT2D eigenvalue weighted by Crippen LogP contribution is 2.43. The molecule has 1 saturated carbocycles. The number of aromatic nitrogens is 1. The van der Waals surface area contributed by atoms with Gasteiger partial charge in [-0.3, -0.25) is 9.88 Å². The molecule has 2 nitrogen and oxygen atoms in total. The van der Waals surface area contributed by atoms with Gasteiger partial charge in [0.1, 0.15) is 6.17 Å². The van der Waals surface area contributed by atoms with Crippen LogP contribution in [0.1, 0.15) is 68.2 Å². The first-order valence-corrected chi connectivity index (χ1v) is 7.98. The van der Waals surface area contributed by atoms with Gasteiger partial charge in [0.2, 0.25) is 0 Å². The van der Waals surface area contributed by atoms with Crippen LogP contribution in [0.2, 0.25) is 0 Å². The number of hydrogen-bond donors (Lipinski definition) is 0. The van der Waals surface area contributed by atoms with Crippen molar-refractivity contribution >= 4 is 0 Å². The average molecular weight is 276 g/mol. The first-order valence-electron chi connectivity index (χ1n) is 7.98. The maximum absolute atomic E-state index is 13.5. The van der Waals surface area contributed by atoms with E-state index in [-0.39, 0.29) is 0 Å². The van der Waals surface area contributed by atoms with Crippen LogP contribution in [0.3, 0.4) is 0 Å². The lowest BCUT2D eigenvalue weighted by Crippen LogP contribution is -2.35. The van der Waals surface area contributed by atoms with Gasteiger partial charge in [0, 0.05) is 25.0 Å². The van der Waals surface area contributed by atoms with Crippen molar-refractivity contribution in [2.24, 2.45) is 0 Å². The highest BCUT2D eigenvalue weighted by molar-refractivity contribution is 5.33. The first-order chi connectivity index (χ1) is 9.63. The zero-order valence-corrected chi connectivity index (χ0v) is 12.6. The Morgan fingerprint density at radius 1 is 1.35 bits per heavy atom. The zero-order chi connectivity index (χ0) is 14.1. The summed E-state index contributed by atoms with van der Waals surface area (Å²) in [5, 5.41) is 0. The molecule has 1 atom stereocenters. The maximum atomic E-state index is 13.5. The minimum atomic E-state index is -0.644. The van der Waals surface area contributed by atoms with Crippen molar-refractivity contribution in [1.82, 2.24) is 9.88 Å². The summed E-state index contributed by atoms with van der Waals surface area (Å²) in [6.45, 7) is 6.89. The second-order valence-corrected chi connectivity index (χ2v) is 6.72. The first kappa shape index (κ1) is 14.0. The Labute approximate surface area is 121 Å². The van der Waals surface area contributed by atoms with Gasteiger partial charge >= 0.3 is 0 Å². The largest absolute Gasteiger partial charge is 0.296 e. The van der Waals surface area contributed by atoms with Crippen molar-refractivity contribution in [2.45, 2.75) is 64.1 Å². The van der Waals surface area contributed by atoms with E-state index in [1.165, 1.54) is 29.7 Å². The van der Waals surface area contributed by atoms with Crippen LogP contribution in [0.5, 0.6) is 0 Å². The second-order valence-electron chi connectivity index (χ2n) is 6.72. The molecule has 1 aliphatic heterocycles. The van der Waals surface area contributed by atoms with Gasteiger partial charge in [0.25, 0.3) is 0 Å². The van der Waals surface area contributed by atoms with Crippen LogP contribution in [0, 0.1) is 0 Å². The van der Waals surface area contributed by atoms with E-state index in [1.807, 2.05) is 6.20 Å². The molecule has 20 heavy (non-hydrogen) atoms. The molecule has 0 aromatic carbocycles. The standard InChI is InChI=1S/C17H25FN2/c1-12(2)17-16(14-5-6-14)8-13(9-19-17)10-20-7-3-4-15(18)11-20/h8-9,12,14-15H,3-7,10-11H2,1-2H3. The summed E-state index contributed by atoms with van der Waals surface area (Å²) < 4.78 is 13.5. The summed E-state index contributed by atoms with van der Waals surface area (Å²) in [4.78, 5) is 6.94. The van der Waals surface area contributed by atoms with Crippen molar-refractivity contribution in [3.8, 4) is 0 Å². The molecule has 0 amide bonds. The van der Waals surface area contributed by atoms with Crippen LogP contribution in [0.15, 0.2) is 12.3 Å². The van der Waals surface area contributed by atoms with Gasteiger partial charge in [0.05, 0.1) is 0 Å². The number of alkyl halides is 1. The molecule has 3 rings (SSSR count). The average Bonchev–Trinajstić information content (AvgIpc) is 3.22. The number of nitrogens with zero attached hydrogens (tertiary/aromatic N) is 2. The molecule has 1 saturated heterocycles. The molecule has 110 valence electrons. The van der Waals surface area contributed by atoms with E-state index in [0.29, 0.717) is 12.5 Å². The predicted octanol–water partition coefficient (Wildman–Crippen LogP) is 4.02. The van der Waals surface area contributed by atoms with Gasteiger partial charge in [0.15, 0.2) is 0 Å². The Morgan fingerprint density at radius 3 is 2.80 bits per heavy atom. The number of rotatable bonds is 4. The monoisotopic (exact) mass is 276 g/mol. The van der Waals surface area contributed by atoms with Crippen LogP contribution in [0.25, 0.3) is 0 Å². The molecule has 2 heterocycles. The lowest BCUT2D eigenvalue weighted by molar-refractivity contribution is 0.133. The van der Waals surface area contributed by atoms with E-state index >= 15 is 0 Å². The molecular formula is C17H25FN2. The van der Waals surface area contributed by atoms with Crippen LogP contribution < -0.4 is 0 Å². The normalized spacial score (nSPS) is 24.3. The van der Waals surface area contributed by atoms with E-state index in [1.54, 1.807) is 0 Å². The molecular weight excluding hydrogens is 251 g/mol. The third-order valence-electron chi connectivity index (χ3n) is 4.42. The molecule has 1 unspecified atom stereocenters. The number of pyridine rings is 1. The molecule has 3 heteroatoms. The number of hydrogen-bond acceptors (Lipinski definition) is 2. The molecule has 0 spiro atoms. The predicted molar refractivity (Wildman–Crippen MR) is 79.7 cm³/mol. The summed E-state index contributed by atoms with van der Waals surface area (Å²) >= 11 is 0. The maximum Gasteiger partial charge on any atom is 0.113 e. The fraction of sp³-hybridized carbons (Fsp3) is 0.706. The molecule has 1 aromatic rings. The van der Waals surface area contributed by atoms with E-state index in [0.717, 1.165) is 31.8 Å². The minimum absolute atomic E-state index is 0.491. The van der Waals surface area contributed by atoms with Gasteiger partial charge in [-0.15, -0.1) is 0 Å². The van der Waals surface area contributed by atoms with Crippen molar-refractivity contribution < 1.29 is 4.39 Å². The molecule has 2 fully saturated rings. The molecule has 2 aliphatic rings. The van der Waals surface area contributed by atoms with E-state index in [9.17, 15) is 4.39 Å². The molecule has 1 aliphatic carbocycles. The summed E-state index contributed by atoms with van der Waals surface area (Å²) in [5.41, 5.74) is 3.97.